The normalized spacial score (nSPS) is 15.9. The van der Waals surface area contributed by atoms with Crippen LogP contribution in [-0.4, -0.2) is 32.1 Å². The molecule has 9 heteroatoms. The third-order valence-electron chi connectivity index (χ3n) is 6.17. The lowest BCUT2D eigenvalue weighted by molar-refractivity contribution is -0.115. The van der Waals surface area contributed by atoms with E-state index in [9.17, 15) is 13.2 Å². The van der Waals surface area contributed by atoms with Gasteiger partial charge in [0, 0.05) is 42.1 Å². The number of hydrogen-bond acceptors (Lipinski definition) is 5. The number of hydrogen-bond donors (Lipinski definition) is 1. The van der Waals surface area contributed by atoms with Crippen LogP contribution in [0.1, 0.15) is 41.1 Å². The fourth-order valence-corrected chi connectivity index (χ4v) is 4.27. The number of nitrogens with one attached hydrogen (secondary N) is 1. The van der Waals surface area contributed by atoms with Gasteiger partial charge in [0.05, 0.1) is 17.9 Å². The quantitative estimate of drug-likeness (QED) is 0.431. The van der Waals surface area contributed by atoms with Crippen molar-refractivity contribution >= 4 is 22.9 Å². The summed E-state index contributed by atoms with van der Waals surface area (Å²) in [4.78, 5) is 15.0. The highest BCUT2D eigenvalue weighted by atomic mass is 19.4. The average Bonchev–Trinajstić information content (AvgIpc) is 3.58. The van der Waals surface area contributed by atoms with Crippen molar-refractivity contribution in [2.75, 3.05) is 16.8 Å². The van der Waals surface area contributed by atoms with Crippen molar-refractivity contribution in [2.24, 2.45) is 0 Å². The topological polar surface area (TPSA) is 58.4 Å². The Bertz CT molecular complexity index is 1390. The Kier molecular flexibility index (Phi) is 4.79. The maximum Gasteiger partial charge on any atom is 0.405 e. The van der Waals surface area contributed by atoms with Crippen LogP contribution >= 0.6 is 0 Å². The number of aromatic nitrogens is 4. The van der Waals surface area contributed by atoms with E-state index in [0.29, 0.717) is 18.2 Å². The summed E-state index contributed by atoms with van der Waals surface area (Å²) in [5.41, 5.74) is 6.41. The number of rotatable bonds is 5. The van der Waals surface area contributed by atoms with E-state index in [1.54, 1.807) is 12.4 Å². The average molecular weight is 462 g/mol. The monoisotopic (exact) mass is 462 g/mol. The fraction of sp³-hybridized carbons (Fsp3) is 0.240. The number of fused-ring (bicyclic) bond motifs is 2. The Morgan fingerprint density at radius 3 is 2.62 bits per heavy atom. The zero-order valence-corrected chi connectivity index (χ0v) is 18.1. The SMILES string of the molecule is FC(F)(F)CNc1ncc2c(n1)C(c1ccc(C3CC3)cc1)=CN(c1ccc3nccn3c1)C2. The van der Waals surface area contributed by atoms with Crippen LogP contribution in [0.5, 0.6) is 0 Å². The minimum Gasteiger partial charge on any atom is -0.345 e. The molecule has 1 aliphatic carbocycles. The number of benzene rings is 1. The largest absolute Gasteiger partial charge is 0.405 e. The zero-order chi connectivity index (χ0) is 23.3. The van der Waals surface area contributed by atoms with Crippen LogP contribution in [0.2, 0.25) is 0 Å². The lowest BCUT2D eigenvalue weighted by Crippen LogP contribution is -2.25. The van der Waals surface area contributed by atoms with E-state index in [2.05, 4.69) is 49.4 Å². The van der Waals surface area contributed by atoms with Gasteiger partial charge < -0.3 is 14.6 Å². The van der Waals surface area contributed by atoms with Gasteiger partial charge in [-0.25, -0.2) is 15.0 Å². The summed E-state index contributed by atoms with van der Waals surface area (Å²) in [6.07, 6.45) is 7.34. The van der Waals surface area contributed by atoms with E-state index in [1.807, 2.05) is 35.1 Å². The van der Waals surface area contributed by atoms with Gasteiger partial charge >= 0.3 is 6.18 Å². The van der Waals surface area contributed by atoms with Crippen LogP contribution in [0.3, 0.4) is 0 Å². The second-order valence-corrected chi connectivity index (χ2v) is 8.68. The van der Waals surface area contributed by atoms with Crippen molar-refractivity contribution in [3.05, 3.63) is 89.8 Å². The van der Waals surface area contributed by atoms with Crippen molar-refractivity contribution in [2.45, 2.75) is 31.5 Å². The number of alkyl halides is 3. The molecule has 172 valence electrons. The Labute approximate surface area is 193 Å². The lowest BCUT2D eigenvalue weighted by atomic mass is 9.95. The van der Waals surface area contributed by atoms with Crippen LogP contribution < -0.4 is 10.2 Å². The number of halogens is 3. The first-order valence-electron chi connectivity index (χ1n) is 11.1. The summed E-state index contributed by atoms with van der Waals surface area (Å²) < 4.78 is 40.1. The Hall–Kier alpha value is -3.88. The van der Waals surface area contributed by atoms with Crippen molar-refractivity contribution in [3.8, 4) is 0 Å². The summed E-state index contributed by atoms with van der Waals surface area (Å²) in [5, 5.41) is 2.30. The van der Waals surface area contributed by atoms with Crippen LogP contribution in [-0.2, 0) is 6.54 Å². The molecule has 1 N–H and O–H groups in total. The molecule has 1 saturated carbocycles. The lowest BCUT2D eigenvalue weighted by Gasteiger charge is -2.28. The third kappa shape index (κ3) is 4.09. The molecule has 6 rings (SSSR count). The molecule has 3 aromatic heterocycles. The molecule has 0 spiro atoms. The van der Waals surface area contributed by atoms with Crippen LogP contribution in [0.4, 0.5) is 24.8 Å². The molecule has 4 heterocycles. The molecule has 0 amide bonds. The van der Waals surface area contributed by atoms with Gasteiger partial charge in [-0.2, -0.15) is 13.2 Å². The van der Waals surface area contributed by atoms with Gasteiger partial charge in [-0.15, -0.1) is 0 Å². The van der Waals surface area contributed by atoms with Gasteiger partial charge in [-0.05, 0) is 42.0 Å². The van der Waals surface area contributed by atoms with E-state index in [0.717, 1.165) is 28.0 Å². The Morgan fingerprint density at radius 1 is 1.03 bits per heavy atom. The highest BCUT2D eigenvalue weighted by molar-refractivity contribution is 5.83. The molecule has 1 fully saturated rings. The van der Waals surface area contributed by atoms with E-state index >= 15 is 0 Å². The number of imidazole rings is 1. The van der Waals surface area contributed by atoms with Crippen molar-refractivity contribution in [3.63, 3.8) is 0 Å². The van der Waals surface area contributed by atoms with Gasteiger partial charge in [0.25, 0.3) is 0 Å². The molecule has 0 bridgehead atoms. The molecule has 4 aromatic rings. The van der Waals surface area contributed by atoms with Crippen molar-refractivity contribution < 1.29 is 13.2 Å². The summed E-state index contributed by atoms with van der Waals surface area (Å²) in [7, 11) is 0. The predicted molar refractivity (Wildman–Crippen MR) is 123 cm³/mol. The number of nitrogens with zero attached hydrogens (tertiary/aromatic N) is 5. The zero-order valence-electron chi connectivity index (χ0n) is 18.1. The predicted octanol–water partition coefficient (Wildman–Crippen LogP) is 5.39. The first-order chi connectivity index (χ1) is 16.4. The molecular weight excluding hydrogens is 441 g/mol. The summed E-state index contributed by atoms with van der Waals surface area (Å²) in [6.45, 7) is -0.684. The van der Waals surface area contributed by atoms with Gasteiger partial charge in [0.15, 0.2) is 0 Å². The highest BCUT2D eigenvalue weighted by Crippen LogP contribution is 2.41. The molecular formula is C25H21F3N6. The third-order valence-corrected chi connectivity index (χ3v) is 6.17. The molecule has 1 aliphatic heterocycles. The first kappa shape index (κ1) is 20.7. The Balaban J connectivity index is 1.40. The van der Waals surface area contributed by atoms with Crippen LogP contribution in [0, 0.1) is 0 Å². The maximum atomic E-state index is 12.7. The fourth-order valence-electron chi connectivity index (χ4n) is 4.27. The van der Waals surface area contributed by atoms with Gasteiger partial charge in [0.1, 0.15) is 12.2 Å². The minimum atomic E-state index is -4.35. The van der Waals surface area contributed by atoms with E-state index in [1.165, 1.54) is 18.4 Å². The van der Waals surface area contributed by atoms with Gasteiger partial charge in [-0.1, -0.05) is 24.3 Å². The molecule has 0 atom stereocenters. The maximum absolute atomic E-state index is 12.7. The number of pyridine rings is 1. The highest BCUT2D eigenvalue weighted by Gasteiger charge is 2.28. The Morgan fingerprint density at radius 2 is 1.85 bits per heavy atom. The molecule has 34 heavy (non-hydrogen) atoms. The summed E-state index contributed by atoms with van der Waals surface area (Å²) >= 11 is 0. The molecule has 0 radical (unpaired) electrons. The van der Waals surface area contributed by atoms with Gasteiger partial charge in [0.2, 0.25) is 5.95 Å². The second-order valence-electron chi connectivity index (χ2n) is 8.68. The van der Waals surface area contributed by atoms with E-state index in [4.69, 9.17) is 0 Å². The van der Waals surface area contributed by atoms with Crippen LogP contribution in [0.15, 0.2) is 67.4 Å². The minimum absolute atomic E-state index is 0.0372. The molecule has 0 saturated heterocycles. The van der Waals surface area contributed by atoms with Crippen molar-refractivity contribution in [1.82, 2.24) is 19.4 Å². The molecule has 2 aliphatic rings. The van der Waals surface area contributed by atoms with E-state index < -0.39 is 12.7 Å². The standard InChI is InChI=1S/C25H21F3N6/c26-25(27,28)15-31-24-30-11-19-12-34(20-7-8-22-29-9-10-33(22)13-20)14-21(23(19)32-24)18-5-3-17(4-6-18)16-1-2-16/h3-11,13-14,16H,1-2,12,15H2,(H,30,31,32). The molecule has 6 nitrogen and oxygen atoms in total. The molecule has 1 aromatic carbocycles. The molecule has 0 unspecified atom stereocenters. The van der Waals surface area contributed by atoms with Crippen LogP contribution in [0.25, 0.3) is 11.2 Å². The van der Waals surface area contributed by atoms with E-state index in [-0.39, 0.29) is 5.95 Å². The van der Waals surface area contributed by atoms with Gasteiger partial charge in [-0.3, -0.25) is 0 Å². The summed E-state index contributed by atoms with van der Waals surface area (Å²) in [5.74, 6) is 0.602. The smallest absolute Gasteiger partial charge is 0.345 e. The first-order valence-corrected chi connectivity index (χ1v) is 11.1. The second kappa shape index (κ2) is 7.86. The number of anilines is 2. The van der Waals surface area contributed by atoms with Crippen molar-refractivity contribution in [1.29, 1.82) is 0 Å². The summed E-state index contributed by atoms with van der Waals surface area (Å²) in [6, 6.07) is 12.3.